The number of hydrazone groups is 1. The molecule has 0 radical (unpaired) electrons. The van der Waals surface area contributed by atoms with Gasteiger partial charge < -0.3 is 4.42 Å². The topological polar surface area (TPSA) is 154 Å². The smallest absolute Gasteiger partial charge is 0.287 e. The molecule has 0 amide bonds. The molecular formula is C16H13N5O5S. The van der Waals surface area contributed by atoms with Gasteiger partial charge in [-0.2, -0.15) is 5.10 Å². The van der Waals surface area contributed by atoms with Crippen molar-refractivity contribution in [1.29, 1.82) is 0 Å². The predicted molar refractivity (Wildman–Crippen MR) is 97.6 cm³/mol. The van der Waals surface area contributed by atoms with Crippen LogP contribution in [0.5, 0.6) is 0 Å². The molecule has 0 unspecified atom stereocenters. The quantitative estimate of drug-likeness (QED) is 0.374. The van der Waals surface area contributed by atoms with Gasteiger partial charge in [0, 0.05) is 11.6 Å². The maximum Gasteiger partial charge on any atom is 0.287 e. The van der Waals surface area contributed by atoms with Crippen molar-refractivity contribution in [3.63, 3.8) is 0 Å². The highest BCUT2D eigenvalue weighted by Crippen LogP contribution is 2.23. The van der Waals surface area contributed by atoms with Crippen LogP contribution in [0.4, 0.5) is 11.5 Å². The maximum absolute atomic E-state index is 11.3. The van der Waals surface area contributed by atoms with Crippen LogP contribution in [0.3, 0.4) is 0 Å². The average Bonchev–Trinajstić information content (AvgIpc) is 3.10. The van der Waals surface area contributed by atoms with Crippen molar-refractivity contribution in [2.24, 2.45) is 10.2 Å². The van der Waals surface area contributed by atoms with Crippen molar-refractivity contribution in [3.05, 3.63) is 70.6 Å². The number of nitrogens with zero attached hydrogens (tertiary/aromatic N) is 3. The largest absolute Gasteiger partial charge is 0.455 e. The molecule has 3 aromatic rings. The number of hydrogen-bond donors (Lipinski definition) is 2. The molecule has 0 atom stereocenters. The Kier molecular flexibility index (Phi) is 4.96. The second-order valence-corrected chi connectivity index (χ2v) is 6.86. The van der Waals surface area contributed by atoms with Crippen molar-refractivity contribution in [2.45, 2.75) is 4.90 Å². The van der Waals surface area contributed by atoms with Gasteiger partial charge in [0.2, 0.25) is 10.0 Å². The van der Waals surface area contributed by atoms with Gasteiger partial charge in [-0.15, -0.1) is 0 Å². The number of primary sulfonamides is 1. The van der Waals surface area contributed by atoms with Crippen LogP contribution in [-0.2, 0) is 10.0 Å². The zero-order chi connectivity index (χ0) is 19.4. The van der Waals surface area contributed by atoms with Crippen LogP contribution >= 0.6 is 0 Å². The lowest BCUT2D eigenvalue weighted by atomic mass is 10.2. The Hall–Kier alpha value is -3.57. The second kappa shape index (κ2) is 7.35. The van der Waals surface area contributed by atoms with Crippen LogP contribution in [0, 0.1) is 10.1 Å². The third-order valence-corrected chi connectivity index (χ3v) is 4.35. The maximum atomic E-state index is 11.3. The third-order valence-electron chi connectivity index (χ3n) is 3.42. The van der Waals surface area contributed by atoms with Crippen LogP contribution in [0.1, 0.15) is 5.76 Å². The van der Waals surface area contributed by atoms with Gasteiger partial charge in [-0.1, -0.05) is 0 Å². The van der Waals surface area contributed by atoms with E-state index in [1.807, 2.05) is 0 Å². The van der Waals surface area contributed by atoms with Crippen molar-refractivity contribution >= 4 is 27.7 Å². The van der Waals surface area contributed by atoms with Crippen molar-refractivity contribution in [3.8, 4) is 11.3 Å². The molecule has 0 fully saturated rings. The molecule has 0 saturated carbocycles. The van der Waals surface area contributed by atoms with Crippen molar-refractivity contribution in [1.82, 2.24) is 4.98 Å². The van der Waals surface area contributed by atoms with Gasteiger partial charge in [0.25, 0.3) is 5.69 Å². The Labute approximate surface area is 153 Å². The lowest BCUT2D eigenvalue weighted by Crippen LogP contribution is -2.11. The number of hydrogen-bond acceptors (Lipinski definition) is 8. The Morgan fingerprint density at radius 3 is 2.48 bits per heavy atom. The monoisotopic (exact) mass is 387 g/mol. The molecule has 10 nitrogen and oxygen atoms in total. The number of nitro groups is 1. The lowest BCUT2D eigenvalue weighted by Gasteiger charge is -2.00. The summed E-state index contributed by atoms with van der Waals surface area (Å²) in [6.45, 7) is 0. The van der Waals surface area contributed by atoms with E-state index in [4.69, 9.17) is 9.56 Å². The number of benzene rings is 1. The normalized spacial score (nSPS) is 11.6. The fourth-order valence-corrected chi connectivity index (χ4v) is 2.62. The zero-order valence-electron chi connectivity index (χ0n) is 13.6. The van der Waals surface area contributed by atoms with Gasteiger partial charge in [-0.25, -0.2) is 18.5 Å². The highest BCUT2D eigenvalue weighted by Gasteiger charge is 2.09. The molecule has 0 aliphatic rings. The molecular weight excluding hydrogens is 374 g/mol. The summed E-state index contributed by atoms with van der Waals surface area (Å²) in [5.41, 5.74) is 3.18. The highest BCUT2D eigenvalue weighted by atomic mass is 32.2. The first-order valence-corrected chi connectivity index (χ1v) is 9.00. The van der Waals surface area contributed by atoms with Crippen LogP contribution in [-0.4, -0.2) is 24.5 Å². The van der Waals surface area contributed by atoms with E-state index >= 15 is 0 Å². The number of sulfonamides is 1. The number of aromatic nitrogens is 1. The van der Waals surface area contributed by atoms with E-state index in [1.165, 1.54) is 30.5 Å². The summed E-state index contributed by atoms with van der Waals surface area (Å²) >= 11 is 0. The molecule has 2 heterocycles. The SMILES string of the molecule is NS(=O)(=O)c1ccc(-c2ccc(/C=N\Nc3ccc([N+](=O)[O-])cn3)o2)cc1. The molecule has 0 bridgehead atoms. The Balaban J connectivity index is 1.67. The van der Waals surface area contributed by atoms with Gasteiger partial charge in [-0.3, -0.25) is 15.5 Å². The van der Waals surface area contributed by atoms with Crippen LogP contribution in [0.25, 0.3) is 11.3 Å². The van der Waals surface area contributed by atoms with E-state index in [9.17, 15) is 18.5 Å². The number of nitrogens with one attached hydrogen (secondary N) is 1. The molecule has 3 N–H and O–H groups in total. The Bertz CT molecular complexity index is 1090. The first kappa shape index (κ1) is 18.2. The molecule has 0 aliphatic heterocycles. The number of anilines is 1. The van der Waals surface area contributed by atoms with E-state index in [0.717, 1.165) is 6.20 Å². The number of furan rings is 1. The Morgan fingerprint density at radius 2 is 1.89 bits per heavy atom. The van der Waals surface area contributed by atoms with Crippen LogP contribution in [0.2, 0.25) is 0 Å². The Morgan fingerprint density at radius 1 is 1.15 bits per heavy atom. The summed E-state index contributed by atoms with van der Waals surface area (Å²) in [5, 5.41) is 19.6. The first-order chi connectivity index (χ1) is 12.8. The molecule has 27 heavy (non-hydrogen) atoms. The van der Waals surface area contributed by atoms with Gasteiger partial charge in [-0.05, 0) is 42.5 Å². The van der Waals surface area contributed by atoms with Crippen LogP contribution < -0.4 is 10.6 Å². The van der Waals surface area contributed by atoms with Gasteiger partial charge in [0.1, 0.15) is 23.5 Å². The van der Waals surface area contributed by atoms with Gasteiger partial charge >= 0.3 is 0 Å². The minimum atomic E-state index is -3.75. The molecule has 138 valence electrons. The first-order valence-electron chi connectivity index (χ1n) is 7.45. The molecule has 0 saturated heterocycles. The summed E-state index contributed by atoms with van der Waals surface area (Å²) < 4.78 is 28.1. The number of rotatable bonds is 6. The predicted octanol–water partition coefficient (Wildman–Crippen LogP) is 2.34. The minimum absolute atomic E-state index is 0.0133. The number of nitrogens with two attached hydrogens (primary N) is 1. The zero-order valence-corrected chi connectivity index (χ0v) is 14.5. The fourth-order valence-electron chi connectivity index (χ4n) is 2.11. The number of pyridine rings is 1. The molecule has 2 aromatic heterocycles. The van der Waals surface area contributed by atoms with Gasteiger partial charge in [0.05, 0.1) is 16.0 Å². The van der Waals surface area contributed by atoms with E-state index in [-0.39, 0.29) is 10.6 Å². The summed E-state index contributed by atoms with van der Waals surface area (Å²) in [6, 6.07) is 12.1. The lowest BCUT2D eigenvalue weighted by molar-refractivity contribution is -0.385. The minimum Gasteiger partial charge on any atom is -0.455 e. The van der Waals surface area contributed by atoms with Gasteiger partial charge in [0.15, 0.2) is 0 Å². The fraction of sp³-hybridized carbons (Fsp3) is 0. The summed E-state index contributed by atoms with van der Waals surface area (Å²) in [7, 11) is -3.75. The van der Waals surface area contributed by atoms with Crippen molar-refractivity contribution in [2.75, 3.05) is 5.43 Å². The summed E-state index contributed by atoms with van der Waals surface area (Å²) in [6.07, 6.45) is 2.53. The molecule has 0 aliphatic carbocycles. The van der Waals surface area contributed by atoms with E-state index in [0.29, 0.717) is 22.9 Å². The molecule has 3 rings (SSSR count). The van der Waals surface area contributed by atoms with E-state index in [2.05, 4.69) is 15.5 Å². The third kappa shape index (κ3) is 4.54. The standard InChI is InChI=1S/C16H13N5O5S/c17-27(24,25)14-5-1-11(2-6-14)15-7-4-13(26-15)10-19-20-16-8-3-12(9-18-16)21(22)23/h1-10H,(H,18,20)(H2,17,24,25)/b19-10-. The summed E-state index contributed by atoms with van der Waals surface area (Å²) in [5.74, 6) is 1.29. The highest BCUT2D eigenvalue weighted by molar-refractivity contribution is 7.89. The molecule has 1 aromatic carbocycles. The van der Waals surface area contributed by atoms with Crippen molar-refractivity contribution < 1.29 is 17.8 Å². The van der Waals surface area contributed by atoms with E-state index < -0.39 is 14.9 Å². The molecule has 0 spiro atoms. The average molecular weight is 387 g/mol. The summed E-state index contributed by atoms with van der Waals surface area (Å²) in [4.78, 5) is 13.9. The van der Waals surface area contributed by atoms with Crippen LogP contribution in [0.15, 0.2) is 69.1 Å². The molecule has 11 heteroatoms. The second-order valence-electron chi connectivity index (χ2n) is 5.30. The van der Waals surface area contributed by atoms with E-state index in [1.54, 1.807) is 24.3 Å².